The average Bonchev–Trinajstić information content (AvgIpc) is 2.65. The monoisotopic (exact) mass is 204 g/mol. The van der Waals surface area contributed by atoms with Crippen molar-refractivity contribution >= 4 is 11.6 Å². The fraction of sp³-hybridized carbons (Fsp3) is 0.200. The first kappa shape index (κ1) is 9.51. The Morgan fingerprint density at radius 1 is 1.47 bits per heavy atom. The van der Waals surface area contributed by atoms with Gasteiger partial charge in [-0.1, -0.05) is 0 Å². The molecule has 2 aromatic heterocycles. The van der Waals surface area contributed by atoms with E-state index in [4.69, 9.17) is 10.2 Å². The molecule has 0 saturated heterocycles. The van der Waals surface area contributed by atoms with Gasteiger partial charge >= 0.3 is 0 Å². The molecule has 0 aliphatic rings. The molecule has 0 spiro atoms. The second-order valence-corrected chi connectivity index (χ2v) is 3.21. The van der Waals surface area contributed by atoms with E-state index in [9.17, 15) is 0 Å². The van der Waals surface area contributed by atoms with Gasteiger partial charge in [-0.3, -0.25) is 0 Å². The van der Waals surface area contributed by atoms with Crippen LogP contribution in [-0.2, 0) is 6.54 Å². The molecule has 0 aliphatic heterocycles. The summed E-state index contributed by atoms with van der Waals surface area (Å²) in [6.45, 7) is 2.46. The number of nitrogen functional groups attached to an aromatic ring is 1. The number of nitrogens with two attached hydrogens (primary N) is 1. The number of furan rings is 1. The van der Waals surface area contributed by atoms with E-state index in [1.807, 2.05) is 6.07 Å². The molecule has 2 rings (SSSR count). The molecule has 15 heavy (non-hydrogen) atoms. The second-order valence-electron chi connectivity index (χ2n) is 3.21. The zero-order valence-electron chi connectivity index (χ0n) is 8.40. The van der Waals surface area contributed by atoms with Crippen molar-refractivity contribution in [1.82, 2.24) is 9.97 Å². The van der Waals surface area contributed by atoms with Crippen LogP contribution in [0.15, 0.2) is 29.1 Å². The molecule has 0 bridgehead atoms. The van der Waals surface area contributed by atoms with Gasteiger partial charge in [0.1, 0.15) is 17.5 Å². The minimum Gasteiger partial charge on any atom is -0.472 e. The second kappa shape index (κ2) is 4.00. The Balaban J connectivity index is 2.05. The van der Waals surface area contributed by atoms with Gasteiger partial charge in [0.2, 0.25) is 0 Å². The van der Waals surface area contributed by atoms with E-state index in [1.165, 1.54) is 0 Å². The summed E-state index contributed by atoms with van der Waals surface area (Å²) in [6.07, 6.45) is 3.32. The van der Waals surface area contributed by atoms with Crippen LogP contribution in [0.3, 0.4) is 0 Å². The number of aromatic nitrogens is 2. The van der Waals surface area contributed by atoms with Gasteiger partial charge < -0.3 is 15.5 Å². The summed E-state index contributed by atoms with van der Waals surface area (Å²) >= 11 is 0. The fourth-order valence-corrected chi connectivity index (χ4v) is 1.27. The third-order valence-corrected chi connectivity index (χ3v) is 1.91. The highest BCUT2D eigenvalue weighted by Gasteiger charge is 1.99. The largest absolute Gasteiger partial charge is 0.472 e. The molecule has 3 N–H and O–H groups in total. The molecule has 0 amide bonds. The van der Waals surface area contributed by atoms with Gasteiger partial charge in [0, 0.05) is 18.2 Å². The van der Waals surface area contributed by atoms with Crippen LogP contribution in [-0.4, -0.2) is 9.97 Å². The molecule has 0 atom stereocenters. The zero-order chi connectivity index (χ0) is 10.7. The van der Waals surface area contributed by atoms with Crippen LogP contribution in [0.2, 0.25) is 0 Å². The Morgan fingerprint density at radius 3 is 3.00 bits per heavy atom. The van der Waals surface area contributed by atoms with Crippen LogP contribution in [0.1, 0.15) is 11.4 Å². The molecule has 2 aromatic rings. The average molecular weight is 204 g/mol. The Bertz CT molecular complexity index is 418. The molecule has 0 aromatic carbocycles. The SMILES string of the molecule is Cc1nc(N)cc(NCc2ccoc2)n1. The van der Waals surface area contributed by atoms with Gasteiger partial charge in [-0.15, -0.1) is 0 Å². The highest BCUT2D eigenvalue weighted by Crippen LogP contribution is 2.09. The summed E-state index contributed by atoms with van der Waals surface area (Å²) in [4.78, 5) is 8.19. The van der Waals surface area contributed by atoms with Crippen molar-refractivity contribution in [3.05, 3.63) is 36.0 Å². The molecule has 5 heteroatoms. The maximum absolute atomic E-state index is 5.60. The maximum Gasteiger partial charge on any atom is 0.132 e. The molecule has 78 valence electrons. The molecule has 0 fully saturated rings. The molecule has 0 radical (unpaired) electrons. The molecule has 0 saturated carbocycles. The van der Waals surface area contributed by atoms with Gasteiger partial charge in [0.05, 0.1) is 12.5 Å². The van der Waals surface area contributed by atoms with Gasteiger partial charge in [-0.25, -0.2) is 9.97 Å². The quantitative estimate of drug-likeness (QED) is 0.793. The van der Waals surface area contributed by atoms with Crippen molar-refractivity contribution in [3.63, 3.8) is 0 Å². The zero-order valence-corrected chi connectivity index (χ0v) is 8.40. The normalized spacial score (nSPS) is 10.2. The number of hydrogen-bond donors (Lipinski definition) is 2. The molecule has 5 nitrogen and oxygen atoms in total. The Labute approximate surface area is 87.3 Å². The minimum absolute atomic E-state index is 0.470. The molecular weight excluding hydrogens is 192 g/mol. The van der Waals surface area contributed by atoms with Gasteiger partial charge in [0.15, 0.2) is 0 Å². The maximum atomic E-state index is 5.60. The summed E-state index contributed by atoms with van der Waals surface area (Å²) in [5, 5.41) is 3.14. The number of anilines is 2. The summed E-state index contributed by atoms with van der Waals surface area (Å²) in [6, 6.07) is 3.59. The number of nitrogens with zero attached hydrogens (tertiary/aromatic N) is 2. The van der Waals surface area contributed by atoms with E-state index in [0.29, 0.717) is 18.2 Å². The predicted molar refractivity (Wildman–Crippen MR) is 57.2 cm³/mol. The van der Waals surface area contributed by atoms with E-state index in [2.05, 4.69) is 15.3 Å². The lowest BCUT2D eigenvalue weighted by Gasteiger charge is -2.05. The van der Waals surface area contributed by atoms with Crippen LogP contribution < -0.4 is 11.1 Å². The molecule has 0 unspecified atom stereocenters. The number of rotatable bonds is 3. The van der Waals surface area contributed by atoms with Crippen LogP contribution in [0.4, 0.5) is 11.6 Å². The summed E-state index contributed by atoms with van der Waals surface area (Å²) < 4.78 is 4.95. The van der Waals surface area contributed by atoms with Gasteiger partial charge in [-0.2, -0.15) is 0 Å². The van der Waals surface area contributed by atoms with E-state index in [0.717, 1.165) is 11.4 Å². The van der Waals surface area contributed by atoms with E-state index in [-0.39, 0.29) is 0 Å². The van der Waals surface area contributed by atoms with Crippen LogP contribution in [0.5, 0.6) is 0 Å². The minimum atomic E-state index is 0.470. The molecular formula is C10H12N4O. The number of hydrogen-bond acceptors (Lipinski definition) is 5. The van der Waals surface area contributed by atoms with Crippen molar-refractivity contribution in [2.75, 3.05) is 11.1 Å². The molecule has 2 heterocycles. The van der Waals surface area contributed by atoms with Gasteiger partial charge in [0.25, 0.3) is 0 Å². The van der Waals surface area contributed by atoms with Crippen molar-refractivity contribution in [3.8, 4) is 0 Å². The lowest BCUT2D eigenvalue weighted by molar-refractivity contribution is 0.564. The first-order chi connectivity index (χ1) is 7.24. The van der Waals surface area contributed by atoms with Crippen molar-refractivity contribution < 1.29 is 4.42 Å². The van der Waals surface area contributed by atoms with E-state index >= 15 is 0 Å². The summed E-state index contributed by atoms with van der Waals surface area (Å²) in [7, 11) is 0. The highest BCUT2D eigenvalue weighted by molar-refractivity contribution is 5.44. The van der Waals surface area contributed by atoms with Crippen LogP contribution in [0.25, 0.3) is 0 Å². The molecule has 0 aliphatic carbocycles. The lowest BCUT2D eigenvalue weighted by Crippen LogP contribution is -2.04. The Hall–Kier alpha value is -2.04. The number of nitrogens with one attached hydrogen (secondary N) is 1. The third-order valence-electron chi connectivity index (χ3n) is 1.91. The van der Waals surface area contributed by atoms with Crippen molar-refractivity contribution in [1.29, 1.82) is 0 Å². The third kappa shape index (κ3) is 2.46. The van der Waals surface area contributed by atoms with Crippen molar-refractivity contribution in [2.24, 2.45) is 0 Å². The summed E-state index contributed by atoms with van der Waals surface area (Å²) in [5.74, 6) is 1.85. The Morgan fingerprint density at radius 2 is 2.33 bits per heavy atom. The topological polar surface area (TPSA) is 77.0 Å². The standard InChI is InChI=1S/C10H12N4O/c1-7-13-9(11)4-10(14-7)12-5-8-2-3-15-6-8/h2-4,6H,5H2,1H3,(H3,11,12,13,14). The Kier molecular flexibility index (Phi) is 2.53. The van der Waals surface area contributed by atoms with E-state index in [1.54, 1.807) is 25.5 Å². The van der Waals surface area contributed by atoms with Crippen molar-refractivity contribution in [2.45, 2.75) is 13.5 Å². The number of aryl methyl sites for hydroxylation is 1. The predicted octanol–water partition coefficient (Wildman–Crippen LogP) is 1.57. The smallest absolute Gasteiger partial charge is 0.132 e. The lowest BCUT2D eigenvalue weighted by atomic mass is 10.3. The summed E-state index contributed by atoms with van der Waals surface area (Å²) in [5.41, 5.74) is 6.66. The highest BCUT2D eigenvalue weighted by atomic mass is 16.3. The van der Waals surface area contributed by atoms with Crippen LogP contribution >= 0.6 is 0 Å². The van der Waals surface area contributed by atoms with Gasteiger partial charge in [-0.05, 0) is 13.0 Å². The van der Waals surface area contributed by atoms with Crippen LogP contribution in [0, 0.1) is 6.92 Å². The van der Waals surface area contributed by atoms with E-state index < -0.39 is 0 Å². The fourth-order valence-electron chi connectivity index (χ4n) is 1.27. The first-order valence-electron chi connectivity index (χ1n) is 4.60. The first-order valence-corrected chi connectivity index (χ1v) is 4.60.